The van der Waals surface area contributed by atoms with E-state index in [0.717, 1.165) is 41.9 Å². The van der Waals surface area contributed by atoms with E-state index in [-0.39, 0.29) is 23.5 Å². The molecule has 150 valence electrons. The summed E-state index contributed by atoms with van der Waals surface area (Å²) in [5, 5.41) is 0. The molecule has 5 nitrogen and oxygen atoms in total. The van der Waals surface area contributed by atoms with Gasteiger partial charge < -0.3 is 14.5 Å². The van der Waals surface area contributed by atoms with E-state index in [2.05, 4.69) is 36.0 Å². The fourth-order valence-electron chi connectivity index (χ4n) is 4.33. The third-order valence-corrected chi connectivity index (χ3v) is 5.69. The van der Waals surface area contributed by atoms with Crippen LogP contribution in [0.25, 0.3) is 0 Å². The Balaban J connectivity index is 2.08. The molecule has 0 fully saturated rings. The average molecular weight is 383 g/mol. The lowest BCUT2D eigenvalue weighted by Gasteiger charge is -2.31. The summed E-state index contributed by atoms with van der Waals surface area (Å²) < 4.78 is 5.53. The molecule has 28 heavy (non-hydrogen) atoms. The monoisotopic (exact) mass is 382 g/mol. The molecule has 0 radical (unpaired) electrons. The highest BCUT2D eigenvalue weighted by Crippen LogP contribution is 2.47. The van der Waals surface area contributed by atoms with Crippen molar-refractivity contribution in [1.29, 1.82) is 0 Å². The Bertz CT molecular complexity index is 867. The van der Waals surface area contributed by atoms with E-state index in [1.54, 1.807) is 21.0 Å². The van der Waals surface area contributed by atoms with Crippen LogP contribution in [0.4, 0.5) is 5.69 Å². The molecule has 5 heteroatoms. The van der Waals surface area contributed by atoms with Gasteiger partial charge >= 0.3 is 0 Å². The first kappa shape index (κ1) is 20.3. The van der Waals surface area contributed by atoms with E-state index in [1.807, 2.05) is 19.1 Å². The topological polar surface area (TPSA) is 49.9 Å². The lowest BCUT2D eigenvalue weighted by molar-refractivity contribution is -0.113. The largest absolute Gasteiger partial charge is 0.496 e. The van der Waals surface area contributed by atoms with Gasteiger partial charge in [0.2, 0.25) is 0 Å². The third kappa shape index (κ3) is 3.63. The van der Waals surface area contributed by atoms with Gasteiger partial charge in [-0.15, -0.1) is 0 Å². The smallest absolute Gasteiger partial charge is 0.163 e. The van der Waals surface area contributed by atoms with Crippen LogP contribution in [0, 0.1) is 6.92 Å². The van der Waals surface area contributed by atoms with Crippen LogP contribution in [-0.4, -0.2) is 56.8 Å². The van der Waals surface area contributed by atoms with Crippen molar-refractivity contribution in [2.75, 3.05) is 39.2 Å². The van der Waals surface area contributed by atoms with Crippen molar-refractivity contribution in [3.8, 4) is 0 Å². The molecule has 1 aromatic rings. The van der Waals surface area contributed by atoms with Crippen LogP contribution < -0.4 is 4.90 Å². The normalized spacial score (nSPS) is 20.5. The summed E-state index contributed by atoms with van der Waals surface area (Å²) in [7, 11) is 5.77. The molecule has 2 unspecified atom stereocenters. The van der Waals surface area contributed by atoms with Crippen molar-refractivity contribution >= 4 is 17.3 Å². The second-order valence-electron chi connectivity index (χ2n) is 8.02. The van der Waals surface area contributed by atoms with Gasteiger partial charge in [-0.2, -0.15) is 0 Å². The first-order valence-corrected chi connectivity index (χ1v) is 9.80. The van der Waals surface area contributed by atoms with Crippen molar-refractivity contribution in [2.24, 2.45) is 0 Å². The molecule has 0 N–H and O–H groups in total. The maximum Gasteiger partial charge on any atom is 0.163 e. The number of hydrogen-bond donors (Lipinski definition) is 0. The first-order valence-electron chi connectivity index (χ1n) is 9.80. The van der Waals surface area contributed by atoms with Gasteiger partial charge in [-0.05, 0) is 77.2 Å². The highest BCUT2D eigenvalue weighted by Gasteiger charge is 2.40. The lowest BCUT2D eigenvalue weighted by atomic mass is 9.85. The number of Topliss-reactive ketones (excluding diaryl/α,β-unsaturated/α-hetero) is 2. The van der Waals surface area contributed by atoms with Crippen LogP contribution in [-0.2, 0) is 9.53 Å². The minimum Gasteiger partial charge on any atom is -0.496 e. The first-order chi connectivity index (χ1) is 13.2. The van der Waals surface area contributed by atoms with Crippen molar-refractivity contribution < 1.29 is 14.3 Å². The number of ketones is 2. The molecule has 1 aliphatic heterocycles. The van der Waals surface area contributed by atoms with Crippen molar-refractivity contribution in [1.82, 2.24) is 4.90 Å². The van der Waals surface area contributed by atoms with Gasteiger partial charge in [-0.1, -0.05) is 6.08 Å². The Morgan fingerprint density at radius 2 is 1.86 bits per heavy atom. The zero-order valence-corrected chi connectivity index (χ0v) is 17.7. The maximum atomic E-state index is 12.2. The Labute approximate surface area is 167 Å². The van der Waals surface area contributed by atoms with Gasteiger partial charge in [0.15, 0.2) is 11.6 Å². The van der Waals surface area contributed by atoms with E-state index in [4.69, 9.17) is 4.74 Å². The second kappa shape index (κ2) is 7.92. The molecule has 1 aliphatic carbocycles. The summed E-state index contributed by atoms with van der Waals surface area (Å²) in [5.41, 5.74) is 4.65. The summed E-state index contributed by atoms with van der Waals surface area (Å²) in [6, 6.07) is 4.25. The van der Waals surface area contributed by atoms with Gasteiger partial charge in [-0.3, -0.25) is 9.59 Å². The molecule has 0 spiro atoms. The van der Waals surface area contributed by atoms with E-state index < -0.39 is 0 Å². The highest BCUT2D eigenvalue weighted by molar-refractivity contribution is 5.99. The summed E-state index contributed by atoms with van der Waals surface area (Å²) >= 11 is 0. The van der Waals surface area contributed by atoms with Crippen molar-refractivity contribution in [2.45, 2.75) is 39.2 Å². The van der Waals surface area contributed by atoms with Gasteiger partial charge in [0.05, 0.1) is 18.7 Å². The number of hydrogen-bond acceptors (Lipinski definition) is 5. The minimum atomic E-state index is -0.00180. The molecule has 0 saturated carbocycles. The molecule has 0 amide bonds. The zero-order valence-electron chi connectivity index (χ0n) is 17.7. The zero-order chi connectivity index (χ0) is 20.6. The maximum absolute atomic E-state index is 12.2. The van der Waals surface area contributed by atoms with E-state index >= 15 is 0 Å². The fraction of sp³-hybridized carbons (Fsp3) is 0.478. The van der Waals surface area contributed by atoms with Gasteiger partial charge in [0.1, 0.15) is 5.76 Å². The lowest BCUT2D eigenvalue weighted by Crippen LogP contribution is -2.36. The standard InChI is InChI=1S/C23H30N2O3/c1-14-10-21-19(11-17(14)15(2)26)20-12-18(16(3)27)23(28-6)13-22(20)25(21)9-7-8-24(4)5/h10-13,20,22H,7-9H2,1-6H3. The molecule has 3 rings (SSSR count). The van der Waals surface area contributed by atoms with E-state index in [1.165, 1.54) is 0 Å². The molecular weight excluding hydrogens is 352 g/mol. The predicted octanol–water partition coefficient (Wildman–Crippen LogP) is 3.48. The van der Waals surface area contributed by atoms with Crippen LogP contribution in [0.2, 0.25) is 0 Å². The molecule has 0 bridgehead atoms. The summed E-state index contributed by atoms with van der Waals surface area (Å²) in [6.07, 6.45) is 5.12. The number of carbonyl (C=O) groups excluding carboxylic acids is 2. The Morgan fingerprint density at radius 1 is 1.14 bits per heavy atom. The minimum absolute atomic E-state index is 0.00180. The highest BCUT2D eigenvalue weighted by atomic mass is 16.5. The number of methoxy groups -OCH3 is 1. The number of nitrogens with zero attached hydrogens (tertiary/aromatic N) is 2. The third-order valence-electron chi connectivity index (χ3n) is 5.69. The number of rotatable bonds is 7. The SMILES string of the molecule is COC1=CC2C(C=C1C(C)=O)c1cc(C(C)=O)c(C)cc1N2CCCN(C)C. The molecule has 2 atom stereocenters. The molecule has 1 aromatic carbocycles. The molecule has 0 saturated heterocycles. The molecule has 2 aliphatic rings. The van der Waals surface area contributed by atoms with Crippen LogP contribution in [0.3, 0.4) is 0 Å². The molecular formula is C23H30N2O3. The molecule has 1 heterocycles. The number of fused-ring (bicyclic) bond motifs is 3. The summed E-state index contributed by atoms with van der Waals surface area (Å²) in [5.74, 6) is 0.759. The van der Waals surface area contributed by atoms with E-state index in [9.17, 15) is 9.59 Å². The number of benzene rings is 1. The Morgan fingerprint density at radius 3 is 2.43 bits per heavy atom. The van der Waals surface area contributed by atoms with Crippen LogP contribution in [0.1, 0.15) is 47.7 Å². The van der Waals surface area contributed by atoms with Crippen LogP contribution >= 0.6 is 0 Å². The number of aryl methyl sites for hydroxylation is 1. The number of carbonyl (C=O) groups is 2. The van der Waals surface area contributed by atoms with Gasteiger partial charge in [0.25, 0.3) is 0 Å². The van der Waals surface area contributed by atoms with Crippen LogP contribution in [0.15, 0.2) is 35.6 Å². The second-order valence-corrected chi connectivity index (χ2v) is 8.02. The fourth-order valence-corrected chi connectivity index (χ4v) is 4.33. The summed E-state index contributed by atoms with van der Waals surface area (Å²) in [6.45, 7) is 7.08. The van der Waals surface area contributed by atoms with E-state index in [0.29, 0.717) is 11.3 Å². The quantitative estimate of drug-likeness (QED) is 0.676. The van der Waals surface area contributed by atoms with Crippen molar-refractivity contribution in [3.05, 3.63) is 52.3 Å². The van der Waals surface area contributed by atoms with Gasteiger partial charge in [-0.25, -0.2) is 0 Å². The average Bonchev–Trinajstić information content (AvgIpc) is 2.91. The van der Waals surface area contributed by atoms with Gasteiger partial charge in [0, 0.05) is 23.7 Å². The number of ether oxygens (including phenoxy) is 1. The Kier molecular flexibility index (Phi) is 5.75. The Hall–Kier alpha value is -2.40. The van der Waals surface area contributed by atoms with Crippen LogP contribution in [0.5, 0.6) is 0 Å². The summed E-state index contributed by atoms with van der Waals surface area (Å²) in [4.78, 5) is 28.8. The van der Waals surface area contributed by atoms with Crippen molar-refractivity contribution in [3.63, 3.8) is 0 Å². The number of anilines is 1. The number of allylic oxidation sites excluding steroid dienone is 1. The predicted molar refractivity (Wildman–Crippen MR) is 112 cm³/mol. The molecule has 0 aromatic heterocycles.